The molecule has 0 aliphatic rings. The van der Waals surface area contributed by atoms with Crippen LogP contribution in [0.5, 0.6) is 0 Å². The molecule has 0 amide bonds. The van der Waals surface area contributed by atoms with Gasteiger partial charge in [-0.15, -0.1) is 0 Å². The highest BCUT2D eigenvalue weighted by molar-refractivity contribution is 7.85. The molecule has 21 heavy (non-hydrogen) atoms. The molecule has 0 fully saturated rings. The van der Waals surface area contributed by atoms with Crippen molar-refractivity contribution in [3.8, 4) is 0 Å². The molecule has 0 radical (unpaired) electrons. The van der Waals surface area contributed by atoms with E-state index in [2.05, 4.69) is 59.0 Å². The van der Waals surface area contributed by atoms with E-state index >= 15 is 0 Å². The monoisotopic (exact) mass is 309 g/mol. The maximum absolute atomic E-state index is 12.4. The van der Waals surface area contributed by atoms with Gasteiger partial charge in [-0.05, 0) is 56.3 Å². The maximum Gasteiger partial charge on any atom is 0.0442 e. The van der Waals surface area contributed by atoms with Crippen LogP contribution in [0, 0.1) is 26.7 Å². The zero-order valence-corrected chi connectivity index (χ0v) is 15.3. The molecule has 0 aromatic heterocycles. The SMILES string of the molecule is CCNC(CS(=O)CCC(C)C)c1c(C)cc(C)cc1C. The molecule has 0 bridgehead atoms. The molecule has 1 N–H and O–H groups in total. The van der Waals surface area contributed by atoms with E-state index in [-0.39, 0.29) is 6.04 Å². The van der Waals surface area contributed by atoms with Crippen molar-refractivity contribution >= 4 is 10.8 Å². The second-order valence-corrected chi connectivity index (χ2v) is 8.04. The van der Waals surface area contributed by atoms with Gasteiger partial charge < -0.3 is 5.32 Å². The minimum Gasteiger partial charge on any atom is -0.309 e. The highest BCUT2D eigenvalue weighted by atomic mass is 32.2. The van der Waals surface area contributed by atoms with Crippen molar-refractivity contribution in [2.45, 2.75) is 54.0 Å². The van der Waals surface area contributed by atoms with Gasteiger partial charge in [0.05, 0.1) is 0 Å². The van der Waals surface area contributed by atoms with Crippen LogP contribution in [0.3, 0.4) is 0 Å². The van der Waals surface area contributed by atoms with Gasteiger partial charge in [0.25, 0.3) is 0 Å². The van der Waals surface area contributed by atoms with Crippen LogP contribution in [0.2, 0.25) is 0 Å². The lowest BCUT2D eigenvalue weighted by Gasteiger charge is -2.23. The summed E-state index contributed by atoms with van der Waals surface area (Å²) in [6.45, 7) is 13.8. The number of benzene rings is 1. The zero-order valence-electron chi connectivity index (χ0n) is 14.5. The molecule has 0 aliphatic heterocycles. The molecule has 0 spiro atoms. The van der Waals surface area contributed by atoms with Gasteiger partial charge in [-0.2, -0.15) is 0 Å². The Morgan fingerprint density at radius 1 is 1.14 bits per heavy atom. The molecular formula is C18H31NOS. The summed E-state index contributed by atoms with van der Waals surface area (Å²) >= 11 is 0. The lowest BCUT2D eigenvalue weighted by Crippen LogP contribution is -2.28. The molecule has 0 saturated heterocycles. The Morgan fingerprint density at radius 2 is 1.71 bits per heavy atom. The Hall–Kier alpha value is -0.670. The minimum absolute atomic E-state index is 0.198. The largest absolute Gasteiger partial charge is 0.309 e. The molecule has 1 aromatic carbocycles. The van der Waals surface area contributed by atoms with Crippen LogP contribution in [0.4, 0.5) is 0 Å². The fourth-order valence-corrected chi connectivity index (χ4v) is 4.43. The molecule has 3 heteroatoms. The van der Waals surface area contributed by atoms with Gasteiger partial charge in [-0.3, -0.25) is 4.21 Å². The van der Waals surface area contributed by atoms with E-state index in [0.29, 0.717) is 11.7 Å². The molecule has 120 valence electrons. The fourth-order valence-electron chi connectivity index (χ4n) is 2.87. The summed E-state index contributed by atoms with van der Waals surface area (Å²) in [7, 11) is -0.757. The third-order valence-corrected chi connectivity index (χ3v) is 5.21. The van der Waals surface area contributed by atoms with Crippen LogP contribution in [-0.2, 0) is 10.8 Å². The molecular weight excluding hydrogens is 278 g/mol. The summed E-state index contributed by atoms with van der Waals surface area (Å²) in [6.07, 6.45) is 1.04. The molecule has 0 saturated carbocycles. The number of aryl methyl sites for hydroxylation is 3. The normalized spacial score (nSPS) is 14.4. The van der Waals surface area contributed by atoms with E-state index in [0.717, 1.165) is 18.7 Å². The van der Waals surface area contributed by atoms with Crippen molar-refractivity contribution in [1.82, 2.24) is 5.32 Å². The molecule has 1 rings (SSSR count). The van der Waals surface area contributed by atoms with Crippen LogP contribution < -0.4 is 5.32 Å². The first kappa shape index (κ1) is 18.4. The lowest BCUT2D eigenvalue weighted by molar-refractivity contribution is 0.583. The Balaban J connectivity index is 2.89. The van der Waals surface area contributed by atoms with Gasteiger partial charge in [0.15, 0.2) is 0 Å². The van der Waals surface area contributed by atoms with E-state index in [4.69, 9.17) is 0 Å². The van der Waals surface area contributed by atoms with Crippen molar-refractivity contribution in [2.75, 3.05) is 18.1 Å². The third kappa shape index (κ3) is 5.91. The van der Waals surface area contributed by atoms with Gasteiger partial charge >= 0.3 is 0 Å². The Kier molecular flexibility index (Phi) is 7.61. The van der Waals surface area contributed by atoms with Gasteiger partial charge in [-0.25, -0.2) is 0 Å². The Morgan fingerprint density at radius 3 is 2.19 bits per heavy atom. The number of nitrogens with one attached hydrogen (secondary N) is 1. The number of hydrogen-bond acceptors (Lipinski definition) is 2. The van der Waals surface area contributed by atoms with E-state index in [1.165, 1.54) is 22.3 Å². The highest BCUT2D eigenvalue weighted by Crippen LogP contribution is 2.24. The van der Waals surface area contributed by atoms with Gasteiger partial charge in [0, 0.05) is 28.3 Å². The summed E-state index contributed by atoms with van der Waals surface area (Å²) in [5.41, 5.74) is 5.24. The minimum atomic E-state index is -0.757. The van der Waals surface area contributed by atoms with E-state index < -0.39 is 10.8 Å². The van der Waals surface area contributed by atoms with E-state index in [9.17, 15) is 4.21 Å². The average molecular weight is 310 g/mol. The van der Waals surface area contributed by atoms with Gasteiger partial charge in [0.1, 0.15) is 0 Å². The van der Waals surface area contributed by atoms with Crippen molar-refractivity contribution in [3.05, 3.63) is 34.4 Å². The van der Waals surface area contributed by atoms with Crippen LogP contribution in [0.25, 0.3) is 0 Å². The summed E-state index contributed by atoms with van der Waals surface area (Å²) in [4.78, 5) is 0. The van der Waals surface area contributed by atoms with Crippen molar-refractivity contribution in [2.24, 2.45) is 5.92 Å². The summed E-state index contributed by atoms with van der Waals surface area (Å²) in [5.74, 6) is 2.14. The molecule has 1 aromatic rings. The van der Waals surface area contributed by atoms with Crippen LogP contribution >= 0.6 is 0 Å². The van der Waals surface area contributed by atoms with Gasteiger partial charge in [-0.1, -0.05) is 38.5 Å². The Labute approximate surface area is 133 Å². The van der Waals surface area contributed by atoms with Crippen LogP contribution in [-0.4, -0.2) is 22.3 Å². The first-order valence-electron chi connectivity index (χ1n) is 8.01. The van der Waals surface area contributed by atoms with Crippen molar-refractivity contribution in [3.63, 3.8) is 0 Å². The first-order valence-corrected chi connectivity index (χ1v) is 9.50. The zero-order chi connectivity index (χ0) is 16.0. The van der Waals surface area contributed by atoms with Crippen LogP contribution in [0.15, 0.2) is 12.1 Å². The summed E-state index contributed by atoms with van der Waals surface area (Å²) in [6, 6.07) is 4.65. The van der Waals surface area contributed by atoms with Crippen molar-refractivity contribution < 1.29 is 4.21 Å². The third-order valence-electron chi connectivity index (χ3n) is 3.81. The standard InChI is InChI=1S/C18H31NOS/c1-7-19-17(12-21(20)9-8-13(2)3)18-15(5)10-14(4)11-16(18)6/h10-11,13,17,19H,7-9,12H2,1-6H3. The maximum atomic E-state index is 12.4. The second-order valence-electron chi connectivity index (χ2n) is 6.42. The lowest BCUT2D eigenvalue weighted by atomic mass is 9.95. The molecule has 2 atom stereocenters. The summed E-state index contributed by atoms with van der Waals surface area (Å²) < 4.78 is 12.4. The number of hydrogen-bond donors (Lipinski definition) is 1. The second kappa shape index (κ2) is 8.70. The molecule has 2 nitrogen and oxygen atoms in total. The fraction of sp³-hybridized carbons (Fsp3) is 0.667. The predicted molar refractivity (Wildman–Crippen MR) is 94.4 cm³/mol. The van der Waals surface area contributed by atoms with Crippen molar-refractivity contribution in [1.29, 1.82) is 0 Å². The topological polar surface area (TPSA) is 29.1 Å². The smallest absolute Gasteiger partial charge is 0.0442 e. The Bertz CT molecular complexity index is 459. The summed E-state index contributed by atoms with van der Waals surface area (Å²) in [5, 5.41) is 3.53. The van der Waals surface area contributed by atoms with Gasteiger partial charge in [0.2, 0.25) is 0 Å². The average Bonchev–Trinajstić information content (AvgIpc) is 2.35. The number of rotatable bonds is 8. The predicted octanol–water partition coefficient (Wildman–Crippen LogP) is 4.06. The molecule has 0 heterocycles. The first-order chi connectivity index (χ1) is 9.85. The highest BCUT2D eigenvalue weighted by Gasteiger charge is 2.18. The van der Waals surface area contributed by atoms with E-state index in [1.54, 1.807) is 0 Å². The quantitative estimate of drug-likeness (QED) is 0.784. The van der Waals surface area contributed by atoms with Crippen LogP contribution in [0.1, 0.15) is 55.5 Å². The molecule has 0 aliphatic carbocycles. The van der Waals surface area contributed by atoms with E-state index in [1.807, 2.05) is 0 Å². The molecule has 2 unspecified atom stereocenters.